The van der Waals surface area contributed by atoms with Crippen molar-refractivity contribution in [2.75, 3.05) is 6.54 Å². The van der Waals surface area contributed by atoms with Crippen molar-refractivity contribution in [3.63, 3.8) is 0 Å². The van der Waals surface area contributed by atoms with Gasteiger partial charge in [0.2, 0.25) is 0 Å². The number of aryl methyl sites for hydroxylation is 1. The van der Waals surface area contributed by atoms with E-state index in [-0.39, 0.29) is 11.6 Å². The Morgan fingerprint density at radius 1 is 0.964 bits per heavy atom. The normalized spacial score (nSPS) is 12.5. The molecule has 4 heteroatoms. The standard InChI is InChI=1S/C24H28F2N2/c1-18(2)14-27(16-21-13-22(25)9-10-24(21)26)17-23-8-5-11-28(23)15-20-7-4-6-19(3)12-20/h4-13,18H,14-17H2,1-3H3/p+1. The molecule has 1 unspecified atom stereocenters. The van der Waals surface area contributed by atoms with E-state index in [2.05, 4.69) is 67.9 Å². The van der Waals surface area contributed by atoms with Crippen LogP contribution in [0.5, 0.6) is 0 Å². The minimum atomic E-state index is -0.386. The van der Waals surface area contributed by atoms with Gasteiger partial charge in [0.15, 0.2) is 0 Å². The molecule has 0 spiro atoms. The van der Waals surface area contributed by atoms with Gasteiger partial charge >= 0.3 is 0 Å². The zero-order chi connectivity index (χ0) is 20.1. The van der Waals surface area contributed by atoms with Crippen LogP contribution in [0.1, 0.15) is 36.2 Å². The van der Waals surface area contributed by atoms with E-state index in [1.165, 1.54) is 39.9 Å². The molecular weight excluding hydrogens is 354 g/mol. The first-order chi connectivity index (χ1) is 13.4. The number of hydrogen-bond donors (Lipinski definition) is 1. The summed E-state index contributed by atoms with van der Waals surface area (Å²) in [5.74, 6) is -0.257. The maximum atomic E-state index is 14.2. The smallest absolute Gasteiger partial charge is 0.132 e. The summed E-state index contributed by atoms with van der Waals surface area (Å²) in [6.07, 6.45) is 2.09. The summed E-state index contributed by atoms with van der Waals surface area (Å²) in [7, 11) is 0. The Kier molecular flexibility index (Phi) is 6.63. The van der Waals surface area contributed by atoms with Crippen LogP contribution >= 0.6 is 0 Å². The van der Waals surface area contributed by atoms with Crippen LogP contribution < -0.4 is 4.90 Å². The molecule has 0 saturated heterocycles. The highest BCUT2D eigenvalue weighted by Crippen LogP contribution is 2.11. The summed E-state index contributed by atoms with van der Waals surface area (Å²) < 4.78 is 30.0. The Bertz CT molecular complexity index is 914. The molecule has 0 radical (unpaired) electrons. The second-order valence-corrected chi connectivity index (χ2v) is 8.05. The van der Waals surface area contributed by atoms with E-state index in [9.17, 15) is 8.78 Å². The quantitative estimate of drug-likeness (QED) is 0.592. The summed E-state index contributed by atoms with van der Waals surface area (Å²) in [6, 6.07) is 16.4. The van der Waals surface area contributed by atoms with Gasteiger partial charge in [-0.05, 0) is 42.8 Å². The van der Waals surface area contributed by atoms with Crippen molar-refractivity contribution in [3.8, 4) is 0 Å². The van der Waals surface area contributed by atoms with Crippen molar-refractivity contribution in [2.45, 2.75) is 40.4 Å². The van der Waals surface area contributed by atoms with Gasteiger partial charge < -0.3 is 9.47 Å². The lowest BCUT2D eigenvalue weighted by molar-refractivity contribution is -0.931. The molecule has 28 heavy (non-hydrogen) atoms. The lowest BCUT2D eigenvalue weighted by Crippen LogP contribution is -3.10. The first-order valence-corrected chi connectivity index (χ1v) is 9.88. The zero-order valence-corrected chi connectivity index (χ0v) is 16.9. The molecule has 1 heterocycles. The highest BCUT2D eigenvalue weighted by atomic mass is 19.1. The molecule has 1 aromatic heterocycles. The number of aromatic nitrogens is 1. The molecule has 0 fully saturated rings. The summed E-state index contributed by atoms with van der Waals surface area (Å²) in [5.41, 5.74) is 4.15. The minimum absolute atomic E-state index is 0.335. The van der Waals surface area contributed by atoms with Crippen LogP contribution in [-0.2, 0) is 19.6 Å². The van der Waals surface area contributed by atoms with Crippen LogP contribution in [0.2, 0.25) is 0 Å². The van der Waals surface area contributed by atoms with Gasteiger partial charge in [-0.15, -0.1) is 0 Å². The van der Waals surface area contributed by atoms with Gasteiger partial charge in [-0.25, -0.2) is 8.78 Å². The maximum Gasteiger partial charge on any atom is 0.132 e. The van der Waals surface area contributed by atoms with E-state index in [1.807, 2.05) is 0 Å². The second-order valence-electron chi connectivity index (χ2n) is 8.05. The molecule has 148 valence electrons. The second kappa shape index (κ2) is 9.16. The van der Waals surface area contributed by atoms with Crippen molar-refractivity contribution < 1.29 is 13.7 Å². The van der Waals surface area contributed by atoms with Gasteiger partial charge in [-0.2, -0.15) is 0 Å². The van der Waals surface area contributed by atoms with Crippen LogP contribution in [0.25, 0.3) is 0 Å². The predicted molar refractivity (Wildman–Crippen MR) is 109 cm³/mol. The Morgan fingerprint density at radius 2 is 1.79 bits per heavy atom. The number of nitrogens with zero attached hydrogens (tertiary/aromatic N) is 1. The van der Waals surface area contributed by atoms with Gasteiger partial charge in [-0.1, -0.05) is 43.7 Å². The van der Waals surface area contributed by atoms with E-state index < -0.39 is 0 Å². The van der Waals surface area contributed by atoms with Crippen molar-refractivity contribution in [3.05, 3.63) is 94.8 Å². The third-order valence-corrected chi connectivity index (χ3v) is 4.94. The fourth-order valence-electron chi connectivity index (χ4n) is 3.76. The van der Waals surface area contributed by atoms with Crippen LogP contribution in [0.4, 0.5) is 8.78 Å². The van der Waals surface area contributed by atoms with E-state index in [4.69, 9.17) is 0 Å². The van der Waals surface area contributed by atoms with Crippen molar-refractivity contribution in [2.24, 2.45) is 5.92 Å². The SMILES string of the molecule is Cc1cccc(Cn2cccc2C[NH+](Cc2cc(F)ccc2F)CC(C)C)c1. The predicted octanol–water partition coefficient (Wildman–Crippen LogP) is 4.36. The first kappa shape index (κ1) is 20.3. The zero-order valence-electron chi connectivity index (χ0n) is 16.9. The minimum Gasteiger partial charge on any atom is -0.342 e. The average Bonchev–Trinajstić information content (AvgIpc) is 3.04. The first-order valence-electron chi connectivity index (χ1n) is 9.88. The Labute approximate surface area is 166 Å². The third kappa shape index (κ3) is 5.52. The van der Waals surface area contributed by atoms with Crippen molar-refractivity contribution in [1.29, 1.82) is 0 Å². The molecule has 1 atom stereocenters. The van der Waals surface area contributed by atoms with Crippen LogP contribution in [0, 0.1) is 24.5 Å². The molecule has 0 aliphatic carbocycles. The number of rotatable bonds is 8. The van der Waals surface area contributed by atoms with E-state index in [0.29, 0.717) is 18.0 Å². The Balaban J connectivity index is 1.78. The number of quaternary nitrogens is 1. The fourth-order valence-corrected chi connectivity index (χ4v) is 3.76. The van der Waals surface area contributed by atoms with Crippen LogP contribution in [0.3, 0.4) is 0 Å². The fraction of sp³-hybridized carbons (Fsp3) is 0.333. The molecule has 0 aliphatic heterocycles. The topological polar surface area (TPSA) is 9.37 Å². The average molecular weight is 384 g/mol. The highest BCUT2D eigenvalue weighted by molar-refractivity contribution is 5.23. The Hall–Kier alpha value is -2.46. The van der Waals surface area contributed by atoms with Gasteiger partial charge in [0.05, 0.1) is 12.2 Å². The molecule has 1 N–H and O–H groups in total. The van der Waals surface area contributed by atoms with Crippen LogP contribution in [-0.4, -0.2) is 11.1 Å². The summed E-state index contributed by atoms with van der Waals surface area (Å²) in [4.78, 5) is 1.23. The molecule has 2 aromatic carbocycles. The summed E-state index contributed by atoms with van der Waals surface area (Å²) in [5, 5.41) is 0. The van der Waals surface area contributed by atoms with Crippen molar-refractivity contribution >= 4 is 0 Å². The molecule has 0 aliphatic rings. The molecular formula is C24H29F2N2+. The Morgan fingerprint density at radius 3 is 2.54 bits per heavy atom. The van der Waals surface area contributed by atoms with E-state index >= 15 is 0 Å². The lowest BCUT2D eigenvalue weighted by atomic mass is 10.1. The monoisotopic (exact) mass is 383 g/mol. The number of halogens is 2. The molecule has 0 saturated carbocycles. The molecule has 2 nitrogen and oxygen atoms in total. The van der Waals surface area contributed by atoms with E-state index in [0.717, 1.165) is 19.6 Å². The van der Waals surface area contributed by atoms with Crippen LogP contribution in [0.15, 0.2) is 60.8 Å². The van der Waals surface area contributed by atoms with Crippen molar-refractivity contribution in [1.82, 2.24) is 4.57 Å². The molecule has 0 amide bonds. The summed E-state index contributed by atoms with van der Waals surface area (Å²) in [6.45, 7) is 9.37. The lowest BCUT2D eigenvalue weighted by Gasteiger charge is -2.23. The number of hydrogen-bond acceptors (Lipinski definition) is 0. The molecule has 0 bridgehead atoms. The largest absolute Gasteiger partial charge is 0.342 e. The number of benzene rings is 2. The highest BCUT2D eigenvalue weighted by Gasteiger charge is 2.17. The maximum absolute atomic E-state index is 14.2. The summed E-state index contributed by atoms with van der Waals surface area (Å²) >= 11 is 0. The molecule has 3 rings (SSSR count). The van der Waals surface area contributed by atoms with Gasteiger partial charge in [0.1, 0.15) is 24.7 Å². The number of nitrogens with one attached hydrogen (secondary N) is 1. The van der Waals surface area contributed by atoms with E-state index in [1.54, 1.807) is 0 Å². The molecule has 3 aromatic rings. The third-order valence-electron chi connectivity index (χ3n) is 4.94. The van der Waals surface area contributed by atoms with Gasteiger partial charge in [0, 0.05) is 24.2 Å². The van der Waals surface area contributed by atoms with Gasteiger partial charge in [0.25, 0.3) is 0 Å². The van der Waals surface area contributed by atoms with Gasteiger partial charge in [-0.3, -0.25) is 0 Å².